The fourth-order valence-electron chi connectivity index (χ4n) is 4.62. The number of piperidine rings is 1. The van der Waals surface area contributed by atoms with Gasteiger partial charge in [-0.15, -0.1) is 10.2 Å². The summed E-state index contributed by atoms with van der Waals surface area (Å²) in [6, 6.07) is 9.84. The summed E-state index contributed by atoms with van der Waals surface area (Å²) in [5, 5.41) is 19.5. The second-order valence-electron chi connectivity index (χ2n) is 9.49. The van der Waals surface area contributed by atoms with E-state index in [2.05, 4.69) is 53.4 Å². The van der Waals surface area contributed by atoms with E-state index in [1.165, 1.54) is 0 Å². The highest BCUT2D eigenvalue weighted by atomic mass is 127. The van der Waals surface area contributed by atoms with Crippen molar-refractivity contribution in [2.75, 3.05) is 0 Å². The number of benzene rings is 1. The molecule has 1 fully saturated rings. The molecule has 0 atom stereocenters. The highest BCUT2D eigenvalue weighted by Gasteiger charge is 2.38. The van der Waals surface area contributed by atoms with Crippen molar-refractivity contribution in [1.82, 2.24) is 25.7 Å². The van der Waals surface area contributed by atoms with Gasteiger partial charge in [0.2, 0.25) is 5.88 Å². The number of rotatable bonds is 5. The van der Waals surface area contributed by atoms with Gasteiger partial charge in [-0.05, 0) is 58.4 Å². The lowest BCUT2D eigenvalue weighted by atomic mass is 9.81. The normalized spacial score (nSPS) is 18.0. The summed E-state index contributed by atoms with van der Waals surface area (Å²) in [7, 11) is 0. The van der Waals surface area contributed by atoms with Gasteiger partial charge in [0.15, 0.2) is 23.0 Å². The maximum atomic E-state index is 6.20. The molecule has 7 nitrogen and oxygen atoms in total. The Morgan fingerprint density at radius 3 is 2.32 bits per heavy atom. The fraction of sp³-hybridized carbons (Fsp3) is 0.435. The van der Waals surface area contributed by atoms with E-state index in [0.717, 1.165) is 46.7 Å². The SMILES string of the molecule is Cc1[nH]ncc1-c1ccc(-c2ccc(OC3CC(C)(C)NC(C)(C)C3)nn2)c(OI)c1. The fourth-order valence-corrected chi connectivity index (χ4v) is 4.98. The third kappa shape index (κ3) is 5.01. The van der Waals surface area contributed by atoms with E-state index in [9.17, 15) is 0 Å². The Balaban J connectivity index is 1.54. The molecular formula is C23H28IN5O2. The van der Waals surface area contributed by atoms with Gasteiger partial charge in [-0.2, -0.15) is 5.10 Å². The van der Waals surface area contributed by atoms with Gasteiger partial charge in [-0.3, -0.25) is 5.10 Å². The molecule has 2 N–H and O–H groups in total. The first-order chi connectivity index (χ1) is 14.7. The van der Waals surface area contributed by atoms with E-state index < -0.39 is 0 Å². The predicted molar refractivity (Wildman–Crippen MR) is 129 cm³/mol. The molecular weight excluding hydrogens is 505 g/mol. The number of halogens is 1. The van der Waals surface area contributed by atoms with Crippen LogP contribution in [0, 0.1) is 6.92 Å². The molecule has 3 heterocycles. The number of aryl methyl sites for hydroxylation is 1. The molecule has 1 aliphatic heterocycles. The molecule has 0 spiro atoms. The van der Waals surface area contributed by atoms with Crippen LogP contribution in [0.2, 0.25) is 0 Å². The lowest BCUT2D eigenvalue weighted by molar-refractivity contribution is 0.0524. The molecule has 0 unspecified atom stereocenters. The lowest BCUT2D eigenvalue weighted by Crippen LogP contribution is -2.60. The summed E-state index contributed by atoms with van der Waals surface area (Å²) < 4.78 is 11.8. The van der Waals surface area contributed by atoms with Crippen LogP contribution in [0.4, 0.5) is 0 Å². The van der Waals surface area contributed by atoms with Gasteiger partial charge in [-0.1, -0.05) is 6.07 Å². The molecule has 0 amide bonds. The molecule has 164 valence electrons. The molecule has 0 radical (unpaired) electrons. The van der Waals surface area contributed by atoms with Gasteiger partial charge in [-0.25, -0.2) is 0 Å². The van der Waals surface area contributed by atoms with Gasteiger partial charge in [0.05, 0.1) is 11.9 Å². The quantitative estimate of drug-likeness (QED) is 0.436. The standard InChI is InChI=1S/C23H28IN5O2/c1-14-18(13-25-26-14)15-6-7-17(20(10-15)31-24)19-8-9-21(28-27-19)30-16-11-22(2,3)29-23(4,5)12-16/h6-10,13,16,29H,11-12H2,1-5H3,(H,25,26). The van der Waals surface area contributed by atoms with Gasteiger partial charge in [0, 0.05) is 46.8 Å². The second kappa shape index (κ2) is 8.38. The summed E-state index contributed by atoms with van der Waals surface area (Å²) >= 11 is 1.90. The molecule has 0 bridgehead atoms. The third-order valence-corrected chi connectivity index (χ3v) is 6.04. The average Bonchev–Trinajstić information content (AvgIpc) is 3.11. The van der Waals surface area contributed by atoms with Crippen LogP contribution in [0.1, 0.15) is 46.2 Å². The minimum absolute atomic E-state index is 0.0153. The number of aromatic amines is 1. The summed E-state index contributed by atoms with van der Waals surface area (Å²) in [6.45, 7) is 10.8. The number of hydrogen-bond acceptors (Lipinski definition) is 6. The highest BCUT2D eigenvalue weighted by molar-refractivity contribution is 14.1. The number of aromatic nitrogens is 4. The van der Waals surface area contributed by atoms with Gasteiger partial charge in [0.25, 0.3) is 0 Å². The van der Waals surface area contributed by atoms with Crippen molar-refractivity contribution in [3.8, 4) is 34.0 Å². The minimum Gasteiger partial charge on any atom is -0.473 e. The first-order valence-electron chi connectivity index (χ1n) is 10.4. The van der Waals surface area contributed by atoms with Gasteiger partial charge >= 0.3 is 0 Å². The average molecular weight is 533 g/mol. The number of ether oxygens (including phenoxy) is 1. The van der Waals surface area contributed by atoms with Crippen LogP contribution in [0.3, 0.4) is 0 Å². The van der Waals surface area contributed by atoms with Crippen LogP contribution in [-0.2, 0) is 0 Å². The van der Waals surface area contributed by atoms with Crippen LogP contribution in [0.15, 0.2) is 36.5 Å². The molecule has 31 heavy (non-hydrogen) atoms. The Morgan fingerprint density at radius 1 is 1.00 bits per heavy atom. The summed E-state index contributed by atoms with van der Waals surface area (Å²) in [4.78, 5) is 0. The molecule has 1 saturated heterocycles. The number of nitrogens with one attached hydrogen (secondary N) is 2. The largest absolute Gasteiger partial charge is 0.473 e. The minimum atomic E-state index is 0.0153. The monoisotopic (exact) mass is 533 g/mol. The van der Waals surface area contributed by atoms with E-state index in [1.807, 2.05) is 66.5 Å². The zero-order chi connectivity index (χ0) is 22.2. The third-order valence-electron chi connectivity index (χ3n) is 5.56. The summed E-state index contributed by atoms with van der Waals surface area (Å²) in [5.41, 5.74) is 4.73. The molecule has 4 rings (SSSR count). The van der Waals surface area contributed by atoms with Crippen molar-refractivity contribution < 1.29 is 7.80 Å². The molecule has 1 aromatic carbocycles. The van der Waals surface area contributed by atoms with Crippen molar-refractivity contribution in [3.63, 3.8) is 0 Å². The van der Waals surface area contributed by atoms with Crippen molar-refractivity contribution in [2.45, 2.75) is 64.6 Å². The summed E-state index contributed by atoms with van der Waals surface area (Å²) in [6.07, 6.45) is 3.75. The van der Waals surface area contributed by atoms with Crippen molar-refractivity contribution in [3.05, 3.63) is 42.2 Å². The number of nitrogens with zero attached hydrogens (tertiary/aromatic N) is 3. The van der Waals surface area contributed by atoms with E-state index in [4.69, 9.17) is 7.80 Å². The Hall–Kier alpha value is -2.20. The van der Waals surface area contributed by atoms with E-state index in [0.29, 0.717) is 5.88 Å². The van der Waals surface area contributed by atoms with Crippen LogP contribution < -0.4 is 13.1 Å². The van der Waals surface area contributed by atoms with E-state index in [-0.39, 0.29) is 17.2 Å². The maximum absolute atomic E-state index is 6.20. The van der Waals surface area contributed by atoms with Crippen LogP contribution >= 0.6 is 23.0 Å². The van der Waals surface area contributed by atoms with Gasteiger partial charge in [0.1, 0.15) is 11.9 Å². The topological polar surface area (TPSA) is 85.0 Å². The van der Waals surface area contributed by atoms with Gasteiger partial charge < -0.3 is 13.1 Å². The molecule has 3 aromatic rings. The van der Waals surface area contributed by atoms with Crippen molar-refractivity contribution in [1.29, 1.82) is 0 Å². The Labute approximate surface area is 197 Å². The number of hydrogen-bond donors (Lipinski definition) is 2. The molecule has 8 heteroatoms. The predicted octanol–water partition coefficient (Wildman–Crippen LogP) is 5.26. The van der Waals surface area contributed by atoms with E-state index >= 15 is 0 Å². The van der Waals surface area contributed by atoms with Crippen LogP contribution in [0.25, 0.3) is 22.4 Å². The Kier molecular flexibility index (Phi) is 5.95. The first kappa shape index (κ1) is 22.0. The molecule has 0 aliphatic carbocycles. The number of H-pyrrole nitrogens is 1. The summed E-state index contributed by atoms with van der Waals surface area (Å²) in [5.74, 6) is 1.27. The van der Waals surface area contributed by atoms with Crippen molar-refractivity contribution >= 4 is 23.0 Å². The Morgan fingerprint density at radius 2 is 1.74 bits per heavy atom. The smallest absolute Gasteiger partial charge is 0.233 e. The molecule has 0 saturated carbocycles. The maximum Gasteiger partial charge on any atom is 0.233 e. The first-order valence-corrected chi connectivity index (χ1v) is 11.3. The van der Waals surface area contributed by atoms with Crippen LogP contribution in [0.5, 0.6) is 11.6 Å². The molecule has 2 aromatic heterocycles. The zero-order valence-corrected chi connectivity index (χ0v) is 20.6. The Bertz CT molecular complexity index is 1050. The zero-order valence-electron chi connectivity index (χ0n) is 18.5. The van der Waals surface area contributed by atoms with Crippen molar-refractivity contribution in [2.24, 2.45) is 0 Å². The second-order valence-corrected chi connectivity index (χ2v) is 9.93. The molecule has 1 aliphatic rings. The van der Waals surface area contributed by atoms with E-state index in [1.54, 1.807) is 0 Å². The lowest BCUT2D eigenvalue weighted by Gasteiger charge is -2.46. The highest BCUT2D eigenvalue weighted by Crippen LogP contribution is 2.36. The van der Waals surface area contributed by atoms with Crippen LogP contribution in [-0.4, -0.2) is 37.6 Å².